The molecule has 1 aromatic heterocycles. The molecule has 1 fully saturated rings. The summed E-state index contributed by atoms with van der Waals surface area (Å²) in [5.41, 5.74) is 1.29. The van der Waals surface area contributed by atoms with Gasteiger partial charge in [-0.05, 0) is 44.4 Å². The van der Waals surface area contributed by atoms with E-state index in [1.54, 1.807) is 24.0 Å². The highest BCUT2D eigenvalue weighted by molar-refractivity contribution is 5.97. The lowest BCUT2D eigenvalue weighted by atomic mass is 9.96. The Bertz CT molecular complexity index is 688. The molecule has 0 unspecified atom stereocenters. The van der Waals surface area contributed by atoms with Gasteiger partial charge in [-0.2, -0.15) is 4.98 Å². The molecule has 1 N–H and O–H groups in total. The van der Waals surface area contributed by atoms with Gasteiger partial charge in [-0.1, -0.05) is 11.2 Å². The van der Waals surface area contributed by atoms with Crippen LogP contribution in [-0.2, 0) is 0 Å². The Kier molecular flexibility index (Phi) is 3.83. The molecule has 1 aromatic carbocycles. The number of likely N-dealkylation sites (tertiary alicyclic amines) is 1. The van der Waals surface area contributed by atoms with Crippen LogP contribution in [0.2, 0.25) is 0 Å². The van der Waals surface area contributed by atoms with E-state index in [-0.39, 0.29) is 17.6 Å². The smallest absolute Gasteiger partial charge is 0.257 e. The summed E-state index contributed by atoms with van der Waals surface area (Å²) >= 11 is 0. The predicted octanol–water partition coefficient (Wildman–Crippen LogP) is 2.41. The number of aromatic nitrogens is 2. The summed E-state index contributed by atoms with van der Waals surface area (Å²) in [6.45, 7) is 4.92. The van der Waals surface area contributed by atoms with E-state index in [1.807, 2.05) is 13.0 Å². The lowest BCUT2D eigenvalue weighted by molar-refractivity contribution is 0.0701. The predicted molar refractivity (Wildman–Crippen MR) is 79.8 cm³/mol. The third-order valence-corrected chi connectivity index (χ3v) is 4.06. The molecule has 2 aromatic rings. The monoisotopic (exact) mass is 301 g/mol. The number of rotatable bonds is 2. The maximum Gasteiger partial charge on any atom is 0.257 e. The molecule has 1 aliphatic rings. The maximum atomic E-state index is 12.5. The SMILES string of the molecule is Cc1ccc(C(=O)N2CCC(c3nc(C)no3)CC2)c(O)c1. The van der Waals surface area contributed by atoms with Crippen molar-refractivity contribution in [1.82, 2.24) is 15.0 Å². The fourth-order valence-electron chi connectivity index (χ4n) is 2.80. The molecule has 3 rings (SSSR count). The first-order chi connectivity index (χ1) is 10.5. The highest BCUT2D eigenvalue weighted by Crippen LogP contribution is 2.28. The molecule has 2 heterocycles. The van der Waals surface area contributed by atoms with Crippen LogP contribution in [0.4, 0.5) is 0 Å². The number of aryl methyl sites for hydroxylation is 2. The van der Waals surface area contributed by atoms with Crippen LogP contribution in [0.25, 0.3) is 0 Å². The third kappa shape index (κ3) is 2.81. The molecule has 0 aliphatic carbocycles. The van der Waals surface area contributed by atoms with Crippen LogP contribution >= 0.6 is 0 Å². The highest BCUT2D eigenvalue weighted by Gasteiger charge is 2.28. The van der Waals surface area contributed by atoms with Crippen LogP contribution in [0, 0.1) is 13.8 Å². The maximum absolute atomic E-state index is 12.5. The van der Waals surface area contributed by atoms with Gasteiger partial charge >= 0.3 is 0 Å². The van der Waals surface area contributed by atoms with Gasteiger partial charge in [0.05, 0.1) is 5.56 Å². The number of piperidine rings is 1. The Labute approximate surface area is 128 Å². The first kappa shape index (κ1) is 14.6. The third-order valence-electron chi connectivity index (χ3n) is 4.06. The summed E-state index contributed by atoms with van der Waals surface area (Å²) in [5, 5.41) is 13.8. The van der Waals surface area contributed by atoms with Crippen molar-refractivity contribution < 1.29 is 14.4 Å². The molecule has 116 valence electrons. The Balaban J connectivity index is 1.67. The number of hydrogen-bond donors (Lipinski definition) is 1. The summed E-state index contributed by atoms with van der Waals surface area (Å²) in [6, 6.07) is 5.13. The van der Waals surface area contributed by atoms with Gasteiger partial charge in [-0.3, -0.25) is 4.79 Å². The van der Waals surface area contributed by atoms with Gasteiger partial charge in [-0.15, -0.1) is 0 Å². The lowest BCUT2D eigenvalue weighted by Crippen LogP contribution is -2.38. The minimum atomic E-state index is -0.127. The van der Waals surface area contributed by atoms with Crippen molar-refractivity contribution in [3.63, 3.8) is 0 Å². The summed E-state index contributed by atoms with van der Waals surface area (Å²) in [7, 11) is 0. The number of benzene rings is 1. The van der Waals surface area contributed by atoms with Crippen molar-refractivity contribution in [3.8, 4) is 5.75 Å². The molecule has 0 saturated carbocycles. The van der Waals surface area contributed by atoms with E-state index >= 15 is 0 Å². The van der Waals surface area contributed by atoms with E-state index < -0.39 is 0 Å². The van der Waals surface area contributed by atoms with Crippen LogP contribution in [0.5, 0.6) is 5.75 Å². The average Bonchev–Trinajstić information content (AvgIpc) is 2.93. The summed E-state index contributed by atoms with van der Waals surface area (Å²) in [4.78, 5) is 18.5. The Morgan fingerprint density at radius 2 is 2.05 bits per heavy atom. The largest absolute Gasteiger partial charge is 0.507 e. The van der Waals surface area contributed by atoms with E-state index in [2.05, 4.69) is 10.1 Å². The zero-order chi connectivity index (χ0) is 15.7. The minimum Gasteiger partial charge on any atom is -0.507 e. The number of aromatic hydroxyl groups is 1. The van der Waals surface area contributed by atoms with E-state index in [0.29, 0.717) is 30.4 Å². The van der Waals surface area contributed by atoms with Gasteiger partial charge < -0.3 is 14.5 Å². The summed E-state index contributed by atoms with van der Waals surface area (Å²) < 4.78 is 5.21. The van der Waals surface area contributed by atoms with Crippen LogP contribution in [0.1, 0.15) is 46.4 Å². The van der Waals surface area contributed by atoms with Crippen molar-refractivity contribution in [1.29, 1.82) is 0 Å². The van der Waals surface area contributed by atoms with E-state index in [0.717, 1.165) is 18.4 Å². The van der Waals surface area contributed by atoms with Gasteiger partial charge in [0, 0.05) is 19.0 Å². The fourth-order valence-corrected chi connectivity index (χ4v) is 2.80. The molecule has 1 amide bonds. The average molecular weight is 301 g/mol. The van der Waals surface area contributed by atoms with E-state index in [9.17, 15) is 9.90 Å². The molecule has 1 saturated heterocycles. The summed E-state index contributed by atoms with van der Waals surface area (Å²) in [6.07, 6.45) is 1.58. The molecular weight excluding hydrogens is 282 g/mol. The Morgan fingerprint density at radius 1 is 1.32 bits per heavy atom. The second-order valence-corrected chi connectivity index (χ2v) is 5.77. The second-order valence-electron chi connectivity index (χ2n) is 5.77. The molecule has 0 spiro atoms. The highest BCUT2D eigenvalue weighted by atomic mass is 16.5. The first-order valence-corrected chi connectivity index (χ1v) is 7.43. The Morgan fingerprint density at radius 3 is 2.64 bits per heavy atom. The molecule has 0 bridgehead atoms. The molecule has 1 aliphatic heterocycles. The Hall–Kier alpha value is -2.37. The number of hydrogen-bond acceptors (Lipinski definition) is 5. The number of phenolic OH excluding ortho intramolecular Hbond substituents is 1. The lowest BCUT2D eigenvalue weighted by Gasteiger charge is -2.30. The van der Waals surface area contributed by atoms with Crippen molar-refractivity contribution in [2.75, 3.05) is 13.1 Å². The van der Waals surface area contributed by atoms with Crippen molar-refractivity contribution in [2.45, 2.75) is 32.6 Å². The number of amides is 1. The topological polar surface area (TPSA) is 79.5 Å². The van der Waals surface area contributed by atoms with Gasteiger partial charge in [0.25, 0.3) is 5.91 Å². The van der Waals surface area contributed by atoms with Crippen LogP contribution in [0.15, 0.2) is 22.7 Å². The van der Waals surface area contributed by atoms with Crippen LogP contribution in [0.3, 0.4) is 0 Å². The van der Waals surface area contributed by atoms with Crippen molar-refractivity contribution >= 4 is 5.91 Å². The van der Waals surface area contributed by atoms with Crippen LogP contribution < -0.4 is 0 Å². The van der Waals surface area contributed by atoms with Gasteiger partial charge in [-0.25, -0.2) is 0 Å². The normalized spacial score (nSPS) is 16.0. The molecule has 6 heteroatoms. The van der Waals surface area contributed by atoms with Gasteiger partial charge in [0.1, 0.15) is 5.75 Å². The molecular formula is C16H19N3O3. The standard InChI is InChI=1S/C16H19N3O3/c1-10-3-4-13(14(20)9-10)16(21)19-7-5-12(6-8-19)15-17-11(2)18-22-15/h3-4,9,12,20H,5-8H2,1-2H3. The van der Waals surface area contributed by atoms with Crippen molar-refractivity contribution in [2.24, 2.45) is 0 Å². The molecule has 0 radical (unpaired) electrons. The van der Waals surface area contributed by atoms with Gasteiger partial charge in [0.15, 0.2) is 5.82 Å². The molecule has 22 heavy (non-hydrogen) atoms. The second kappa shape index (κ2) is 5.79. The van der Waals surface area contributed by atoms with E-state index in [4.69, 9.17) is 4.52 Å². The fraction of sp³-hybridized carbons (Fsp3) is 0.438. The number of nitrogens with zero attached hydrogens (tertiary/aromatic N) is 3. The van der Waals surface area contributed by atoms with E-state index in [1.165, 1.54) is 0 Å². The van der Waals surface area contributed by atoms with Gasteiger partial charge in [0.2, 0.25) is 5.89 Å². The quantitative estimate of drug-likeness (QED) is 0.921. The summed E-state index contributed by atoms with van der Waals surface area (Å²) in [5.74, 6) is 1.41. The molecule has 6 nitrogen and oxygen atoms in total. The van der Waals surface area contributed by atoms with Crippen molar-refractivity contribution in [3.05, 3.63) is 41.0 Å². The first-order valence-electron chi connectivity index (χ1n) is 7.43. The van der Waals surface area contributed by atoms with Crippen LogP contribution in [-0.4, -0.2) is 39.1 Å². The molecule has 0 atom stereocenters. The number of carbonyl (C=O) groups is 1. The zero-order valence-electron chi connectivity index (χ0n) is 12.7. The zero-order valence-corrected chi connectivity index (χ0v) is 12.7. The number of phenols is 1. The minimum absolute atomic E-state index is 0.0413. The number of carbonyl (C=O) groups excluding carboxylic acids is 1.